The monoisotopic (exact) mass is 369 g/mol. The molecule has 1 aliphatic heterocycles. The van der Waals surface area contributed by atoms with Gasteiger partial charge >= 0.3 is 0 Å². The fourth-order valence-electron chi connectivity index (χ4n) is 2.49. The predicted octanol–water partition coefficient (Wildman–Crippen LogP) is 1.47. The van der Waals surface area contributed by atoms with E-state index in [1.165, 1.54) is 31.2 Å². The number of fused-ring (bicyclic) bond motifs is 1. The lowest BCUT2D eigenvalue weighted by Crippen LogP contribution is -2.43. The number of aryl methyl sites for hydroxylation is 1. The zero-order chi connectivity index (χ0) is 27.4. The Morgan fingerprint density at radius 1 is 1.46 bits per heavy atom. The van der Waals surface area contributed by atoms with Gasteiger partial charge in [-0.1, -0.05) is 45.0 Å². The van der Waals surface area contributed by atoms with Crippen LogP contribution in [0.3, 0.4) is 0 Å². The lowest BCUT2D eigenvalue weighted by molar-refractivity contribution is -0.137. The maximum absolute atomic E-state index is 13.1. The number of hydrogen-bond donors (Lipinski definition) is 2. The van der Waals surface area contributed by atoms with E-state index in [1.807, 2.05) is 0 Å². The number of carbonyl (C=O) groups excluding carboxylic acids is 3. The number of nitrogens with one attached hydrogen (secondary N) is 1. The molecule has 1 aromatic carbocycles. The van der Waals surface area contributed by atoms with Crippen molar-refractivity contribution in [1.82, 2.24) is 10.2 Å². The van der Waals surface area contributed by atoms with Crippen LogP contribution in [-0.2, 0) is 20.8 Å². The van der Waals surface area contributed by atoms with E-state index in [9.17, 15) is 19.5 Å². The van der Waals surface area contributed by atoms with Gasteiger partial charge in [0.1, 0.15) is 12.1 Å². The number of nitrogens with zero attached hydrogens (tertiary/aromatic N) is 1. The molecule has 0 aromatic heterocycles. The normalized spacial score (nSPS) is 32.5. The first-order chi connectivity index (χ1) is 15.6. The number of benzene rings is 1. The molecule has 26 heavy (non-hydrogen) atoms. The number of likely N-dealkylation sites (N-methyl/N-ethyl adjacent to an activating group) is 1. The van der Waals surface area contributed by atoms with Crippen LogP contribution in [0.1, 0.15) is 56.6 Å². The summed E-state index contributed by atoms with van der Waals surface area (Å²) in [6, 6.07) is 4.11. The van der Waals surface area contributed by atoms with Crippen LogP contribution >= 0.6 is 0 Å². The molecule has 142 valence electrons. The van der Waals surface area contributed by atoms with Gasteiger partial charge in [-0.15, -0.1) is 0 Å². The number of Topliss-reactive ketones (excluding diaryl/α,β-unsaturated/α-hetero) is 1. The van der Waals surface area contributed by atoms with Crippen LogP contribution in [-0.4, -0.2) is 47.2 Å². The third-order valence-corrected chi connectivity index (χ3v) is 4.05. The molecule has 0 saturated carbocycles. The Labute approximate surface area is 167 Å². The number of amides is 2. The van der Waals surface area contributed by atoms with Crippen LogP contribution in [0.25, 0.3) is 0 Å². The zero-order valence-corrected chi connectivity index (χ0v) is 14.8. The second kappa shape index (κ2) is 8.45. The average molecular weight is 370 g/mol. The smallest absolute Gasteiger partial charge is 0.249 e. The topological polar surface area (TPSA) is 86.7 Å². The van der Waals surface area contributed by atoms with E-state index in [1.54, 1.807) is 0 Å². The molecule has 0 radical (unpaired) electrons. The molecule has 0 saturated heterocycles. The number of ketones is 1. The number of aliphatic hydroxyl groups is 1. The molecule has 1 aromatic rings. The van der Waals surface area contributed by atoms with Crippen molar-refractivity contribution < 1.29 is 31.8 Å². The van der Waals surface area contributed by atoms with E-state index >= 15 is 0 Å². The lowest BCUT2D eigenvalue weighted by Gasteiger charge is -2.24. The van der Waals surface area contributed by atoms with Crippen molar-refractivity contribution in [3.05, 3.63) is 35.4 Å². The number of rotatable bonds is 6. The predicted molar refractivity (Wildman–Crippen MR) is 98.3 cm³/mol. The molecule has 6 nitrogen and oxygen atoms in total. The minimum atomic E-state index is -3.36. The molecule has 0 spiro atoms. The minimum Gasteiger partial charge on any atom is -0.385 e. The van der Waals surface area contributed by atoms with Crippen molar-refractivity contribution in [1.29, 1.82) is 0 Å². The average Bonchev–Trinajstić information content (AvgIpc) is 2.77. The van der Waals surface area contributed by atoms with Gasteiger partial charge in [-0.3, -0.25) is 14.4 Å². The van der Waals surface area contributed by atoms with E-state index in [2.05, 4.69) is 5.32 Å². The highest BCUT2D eigenvalue weighted by Gasteiger charge is 2.32. The van der Waals surface area contributed by atoms with Gasteiger partial charge in [-0.2, -0.15) is 0 Å². The first-order valence-electron chi connectivity index (χ1n) is 12.6. The summed E-state index contributed by atoms with van der Waals surface area (Å²) in [6.45, 7) is -4.00. The highest BCUT2D eigenvalue weighted by molar-refractivity contribution is 5.92. The maximum Gasteiger partial charge on any atom is 0.249 e. The minimum absolute atomic E-state index is 0.0146. The van der Waals surface area contributed by atoms with E-state index in [0.717, 1.165) is 7.05 Å². The van der Waals surface area contributed by atoms with Gasteiger partial charge < -0.3 is 15.3 Å². The molecule has 2 amide bonds. The van der Waals surface area contributed by atoms with Crippen molar-refractivity contribution in [2.75, 3.05) is 13.5 Å². The molecule has 0 bridgehead atoms. The van der Waals surface area contributed by atoms with E-state index in [0.29, 0.717) is 11.8 Å². The second-order valence-corrected chi connectivity index (χ2v) is 6.16. The highest BCUT2D eigenvalue weighted by Crippen LogP contribution is 2.25. The molecule has 2 rings (SSSR count). The van der Waals surface area contributed by atoms with Gasteiger partial charge in [0, 0.05) is 36.8 Å². The van der Waals surface area contributed by atoms with Crippen molar-refractivity contribution in [3.63, 3.8) is 0 Å². The Morgan fingerprint density at radius 2 is 2.15 bits per heavy atom. The van der Waals surface area contributed by atoms with Crippen LogP contribution < -0.4 is 5.32 Å². The first kappa shape index (κ1) is 10.8. The molecular formula is C20H28N2O4. The van der Waals surface area contributed by atoms with Crippen LogP contribution in [0.2, 0.25) is 0 Å². The molecule has 1 aliphatic rings. The summed E-state index contributed by atoms with van der Waals surface area (Å²) < 4.78 is 70.8. The third-order valence-electron chi connectivity index (χ3n) is 4.05. The zero-order valence-electron chi connectivity index (χ0n) is 23.8. The summed E-state index contributed by atoms with van der Waals surface area (Å²) in [5, 5.41) is 12.6. The van der Waals surface area contributed by atoms with E-state index in [-0.39, 0.29) is 11.1 Å². The van der Waals surface area contributed by atoms with E-state index in [4.69, 9.17) is 12.3 Å². The van der Waals surface area contributed by atoms with Gasteiger partial charge in [-0.05, 0) is 23.4 Å². The standard InChI is InChI=1S/C20H28N2O4/c1-12(2)18(24)16(23)11-13(3)19(25)21-17-15-8-6-5-7-14(15)9-10-22(4)20(17)26/h5-8,12-13,17-18,24H,9-11H2,1-4H3,(H,21,25)/t13-,17+,18+/m1/s1/i1D3,9D2,10D2,12D,18D/t12?,13-,17+,18+. The van der Waals surface area contributed by atoms with Crippen molar-refractivity contribution in [3.8, 4) is 0 Å². The second-order valence-electron chi connectivity index (χ2n) is 6.16. The Kier molecular flexibility index (Phi) is 3.52. The molecule has 6 heteroatoms. The largest absolute Gasteiger partial charge is 0.385 e. The van der Waals surface area contributed by atoms with Crippen molar-refractivity contribution in [2.45, 2.75) is 45.6 Å². The molecule has 0 aliphatic carbocycles. The molecule has 1 unspecified atom stereocenters. The molecular weight excluding hydrogens is 332 g/mol. The molecule has 0 fully saturated rings. The fraction of sp³-hybridized carbons (Fsp3) is 0.550. The summed E-state index contributed by atoms with van der Waals surface area (Å²) in [6.07, 6.45) is -6.81. The Balaban J connectivity index is 2.35. The van der Waals surface area contributed by atoms with Crippen LogP contribution in [0.15, 0.2) is 24.3 Å². The summed E-state index contributed by atoms with van der Waals surface area (Å²) in [4.78, 5) is 39.1. The van der Waals surface area contributed by atoms with Gasteiger partial charge in [0.25, 0.3) is 0 Å². The maximum atomic E-state index is 13.1. The quantitative estimate of drug-likeness (QED) is 0.795. The number of carbonyl (C=O) groups is 3. The highest BCUT2D eigenvalue weighted by atomic mass is 16.3. The Bertz CT molecular complexity index is 1020. The number of hydrogen-bond acceptors (Lipinski definition) is 4. The van der Waals surface area contributed by atoms with Crippen molar-refractivity contribution >= 4 is 17.6 Å². The van der Waals surface area contributed by atoms with Gasteiger partial charge in [0.2, 0.25) is 11.8 Å². The fourth-order valence-corrected chi connectivity index (χ4v) is 2.49. The Morgan fingerprint density at radius 3 is 2.85 bits per heavy atom. The summed E-state index contributed by atoms with van der Waals surface area (Å²) >= 11 is 0. The van der Waals surface area contributed by atoms with Crippen molar-refractivity contribution in [2.24, 2.45) is 11.8 Å². The third kappa shape index (κ3) is 4.49. The summed E-state index contributed by atoms with van der Waals surface area (Å²) in [5.74, 6) is -7.42. The van der Waals surface area contributed by atoms with Crippen LogP contribution in [0, 0.1) is 11.8 Å². The molecule has 2 N–H and O–H groups in total. The molecule has 4 atom stereocenters. The van der Waals surface area contributed by atoms with Crippen LogP contribution in [0.4, 0.5) is 0 Å². The van der Waals surface area contributed by atoms with Crippen LogP contribution in [0.5, 0.6) is 0 Å². The SMILES string of the molecule is [2H]C([2H])([2H])C([2H])(C)[C@]([2H])(O)C(=O)C[C@@H](C)C(=O)N[C@@H]1C(=O)N(C)C([2H])([2H])C([2H])([2H])c2ccccc21. The van der Waals surface area contributed by atoms with Gasteiger partial charge in [0.05, 0.1) is 1.37 Å². The van der Waals surface area contributed by atoms with Gasteiger partial charge in [0.15, 0.2) is 5.78 Å². The lowest BCUT2D eigenvalue weighted by atomic mass is 9.94. The van der Waals surface area contributed by atoms with E-state index < -0.39 is 67.7 Å². The summed E-state index contributed by atoms with van der Waals surface area (Å²) in [7, 11) is 1.06. The Hall–Kier alpha value is -2.21. The van der Waals surface area contributed by atoms with Gasteiger partial charge in [-0.25, -0.2) is 0 Å². The molecule has 1 heterocycles. The first-order valence-corrected chi connectivity index (χ1v) is 8.05. The summed E-state index contributed by atoms with van der Waals surface area (Å²) in [5.41, 5.74) is -0.138.